The number of phenols is 1. The molecule has 2 heteroatoms. The van der Waals surface area contributed by atoms with Crippen LogP contribution < -0.4 is 5.73 Å². The van der Waals surface area contributed by atoms with Crippen molar-refractivity contribution in [3.8, 4) is 16.9 Å². The summed E-state index contributed by atoms with van der Waals surface area (Å²) in [5.41, 5.74) is 11.0. The second kappa shape index (κ2) is 2.76. The average Bonchev–Trinajstić information content (AvgIpc) is 2.57. The van der Waals surface area contributed by atoms with Crippen LogP contribution in [0.5, 0.6) is 5.75 Å². The molecule has 15 heavy (non-hydrogen) atoms. The molecule has 0 radical (unpaired) electrons. The predicted molar refractivity (Wildman–Crippen MR) is 60.8 cm³/mol. The highest BCUT2D eigenvalue weighted by Gasteiger charge is 2.19. The number of rotatable bonds is 0. The summed E-state index contributed by atoms with van der Waals surface area (Å²) in [6, 6.07) is 11.9. The molecule has 2 nitrogen and oxygen atoms in total. The van der Waals surface area contributed by atoms with Crippen LogP contribution in [0.1, 0.15) is 11.1 Å². The maximum atomic E-state index is 9.54. The van der Waals surface area contributed by atoms with Crippen LogP contribution in [0.3, 0.4) is 0 Å². The molecule has 0 aromatic heterocycles. The molecule has 74 valence electrons. The second-order valence-corrected chi connectivity index (χ2v) is 3.90. The van der Waals surface area contributed by atoms with Crippen LogP contribution in [0.2, 0.25) is 0 Å². The summed E-state index contributed by atoms with van der Waals surface area (Å²) in [6.07, 6.45) is 0.888. The van der Waals surface area contributed by atoms with Crippen molar-refractivity contribution in [1.82, 2.24) is 0 Å². The monoisotopic (exact) mass is 197 g/mol. The normalized spacial score (nSPS) is 12.3. The number of phenolic OH excluding ortho intramolecular Hbond substituents is 1. The van der Waals surface area contributed by atoms with Crippen LogP contribution in [0, 0.1) is 0 Å². The van der Waals surface area contributed by atoms with Crippen LogP contribution in [-0.4, -0.2) is 5.11 Å². The molecule has 0 saturated carbocycles. The first-order chi connectivity index (χ1) is 7.25. The zero-order valence-corrected chi connectivity index (χ0v) is 8.20. The van der Waals surface area contributed by atoms with E-state index in [9.17, 15) is 5.11 Å². The number of nitrogens with two attached hydrogens (primary N) is 1. The number of benzene rings is 2. The molecular weight excluding hydrogens is 186 g/mol. The van der Waals surface area contributed by atoms with E-state index in [1.165, 1.54) is 11.1 Å². The summed E-state index contributed by atoms with van der Waals surface area (Å²) in [5, 5.41) is 9.54. The zero-order chi connectivity index (χ0) is 10.4. The fraction of sp³-hybridized carbons (Fsp3) is 0.0769. The molecule has 1 aliphatic carbocycles. The molecule has 0 fully saturated rings. The summed E-state index contributed by atoms with van der Waals surface area (Å²) in [7, 11) is 0. The zero-order valence-electron chi connectivity index (χ0n) is 8.20. The lowest BCUT2D eigenvalue weighted by Gasteiger charge is -2.04. The third-order valence-corrected chi connectivity index (χ3v) is 2.94. The van der Waals surface area contributed by atoms with Crippen molar-refractivity contribution >= 4 is 5.69 Å². The van der Waals surface area contributed by atoms with E-state index >= 15 is 0 Å². The van der Waals surface area contributed by atoms with Crippen molar-refractivity contribution in [3.63, 3.8) is 0 Å². The fourth-order valence-electron chi connectivity index (χ4n) is 2.19. The Morgan fingerprint density at radius 3 is 2.67 bits per heavy atom. The standard InChI is InChI=1S/C13H11NO/c14-12-7-11-9(6-13(12)15)5-8-3-1-2-4-10(8)11/h1-4,6-7,15H,5,14H2. The molecule has 0 amide bonds. The van der Waals surface area contributed by atoms with Gasteiger partial charge in [0.15, 0.2) is 0 Å². The highest BCUT2D eigenvalue weighted by molar-refractivity contribution is 5.80. The molecular formula is C13H11NO. The van der Waals surface area contributed by atoms with Gasteiger partial charge in [0.25, 0.3) is 0 Å². The Morgan fingerprint density at radius 2 is 1.80 bits per heavy atom. The maximum absolute atomic E-state index is 9.54. The molecule has 2 aromatic carbocycles. The number of fused-ring (bicyclic) bond motifs is 3. The van der Waals surface area contributed by atoms with Crippen LogP contribution >= 0.6 is 0 Å². The Bertz CT molecular complexity index is 546. The lowest BCUT2D eigenvalue weighted by atomic mass is 10.1. The Hall–Kier alpha value is -1.96. The minimum atomic E-state index is 0.182. The van der Waals surface area contributed by atoms with Gasteiger partial charge in [-0.15, -0.1) is 0 Å². The predicted octanol–water partition coefficient (Wildman–Crippen LogP) is 2.55. The van der Waals surface area contributed by atoms with E-state index in [4.69, 9.17) is 5.73 Å². The molecule has 3 rings (SSSR count). The van der Waals surface area contributed by atoms with Gasteiger partial charge in [-0.3, -0.25) is 0 Å². The van der Waals surface area contributed by atoms with Gasteiger partial charge in [-0.25, -0.2) is 0 Å². The summed E-state index contributed by atoms with van der Waals surface area (Å²) < 4.78 is 0. The van der Waals surface area contributed by atoms with E-state index < -0.39 is 0 Å². The van der Waals surface area contributed by atoms with Gasteiger partial charge in [0.2, 0.25) is 0 Å². The van der Waals surface area contributed by atoms with Crippen molar-refractivity contribution in [3.05, 3.63) is 47.5 Å². The fourth-order valence-corrected chi connectivity index (χ4v) is 2.19. The number of hydrogen-bond donors (Lipinski definition) is 2. The number of hydrogen-bond acceptors (Lipinski definition) is 2. The Labute approximate surface area is 88.0 Å². The summed E-state index contributed by atoms with van der Waals surface area (Å²) >= 11 is 0. The van der Waals surface area contributed by atoms with Crippen molar-refractivity contribution in [1.29, 1.82) is 0 Å². The lowest BCUT2D eigenvalue weighted by molar-refractivity contribution is 0.477. The van der Waals surface area contributed by atoms with Crippen LogP contribution in [0.4, 0.5) is 5.69 Å². The quantitative estimate of drug-likeness (QED) is 0.429. The molecule has 0 saturated heterocycles. The van der Waals surface area contributed by atoms with Gasteiger partial charge < -0.3 is 10.8 Å². The lowest BCUT2D eigenvalue weighted by Crippen LogP contribution is -1.88. The van der Waals surface area contributed by atoms with E-state index in [2.05, 4.69) is 12.1 Å². The van der Waals surface area contributed by atoms with E-state index in [0.29, 0.717) is 5.69 Å². The maximum Gasteiger partial charge on any atom is 0.138 e. The smallest absolute Gasteiger partial charge is 0.138 e. The molecule has 0 bridgehead atoms. The van der Waals surface area contributed by atoms with Crippen molar-refractivity contribution in [2.24, 2.45) is 0 Å². The van der Waals surface area contributed by atoms with Crippen LogP contribution in [0.25, 0.3) is 11.1 Å². The summed E-state index contributed by atoms with van der Waals surface area (Å²) in [5.74, 6) is 0.182. The second-order valence-electron chi connectivity index (χ2n) is 3.90. The minimum Gasteiger partial charge on any atom is -0.506 e. The van der Waals surface area contributed by atoms with Gasteiger partial charge in [0.05, 0.1) is 5.69 Å². The first kappa shape index (κ1) is 8.36. The third kappa shape index (κ3) is 1.11. The Balaban J connectivity index is 2.29. The molecule has 0 heterocycles. The number of nitrogen functional groups attached to an aromatic ring is 1. The highest BCUT2D eigenvalue weighted by Crippen LogP contribution is 2.40. The number of anilines is 1. The third-order valence-electron chi connectivity index (χ3n) is 2.94. The average molecular weight is 197 g/mol. The first-order valence-corrected chi connectivity index (χ1v) is 4.95. The number of aromatic hydroxyl groups is 1. The van der Waals surface area contributed by atoms with E-state index in [0.717, 1.165) is 17.5 Å². The molecule has 0 unspecified atom stereocenters. The van der Waals surface area contributed by atoms with Gasteiger partial charge in [-0.1, -0.05) is 24.3 Å². The topological polar surface area (TPSA) is 46.2 Å². The Morgan fingerprint density at radius 1 is 1.00 bits per heavy atom. The van der Waals surface area contributed by atoms with Gasteiger partial charge in [0.1, 0.15) is 5.75 Å². The molecule has 2 aromatic rings. The summed E-state index contributed by atoms with van der Waals surface area (Å²) in [6.45, 7) is 0. The molecule has 1 aliphatic rings. The van der Waals surface area contributed by atoms with Gasteiger partial charge >= 0.3 is 0 Å². The van der Waals surface area contributed by atoms with E-state index in [1.807, 2.05) is 18.2 Å². The van der Waals surface area contributed by atoms with Crippen molar-refractivity contribution < 1.29 is 5.11 Å². The summed E-state index contributed by atoms with van der Waals surface area (Å²) in [4.78, 5) is 0. The van der Waals surface area contributed by atoms with Crippen molar-refractivity contribution in [2.75, 3.05) is 5.73 Å². The first-order valence-electron chi connectivity index (χ1n) is 4.95. The van der Waals surface area contributed by atoms with Gasteiger partial charge in [-0.05, 0) is 40.8 Å². The largest absolute Gasteiger partial charge is 0.506 e. The van der Waals surface area contributed by atoms with E-state index in [1.54, 1.807) is 6.07 Å². The van der Waals surface area contributed by atoms with Gasteiger partial charge in [0, 0.05) is 0 Å². The molecule has 0 atom stereocenters. The Kier molecular flexibility index (Phi) is 1.54. The van der Waals surface area contributed by atoms with Crippen LogP contribution in [-0.2, 0) is 6.42 Å². The van der Waals surface area contributed by atoms with Crippen LogP contribution in [0.15, 0.2) is 36.4 Å². The molecule has 3 N–H and O–H groups in total. The van der Waals surface area contributed by atoms with Gasteiger partial charge in [-0.2, -0.15) is 0 Å². The minimum absolute atomic E-state index is 0.182. The highest BCUT2D eigenvalue weighted by atomic mass is 16.3. The van der Waals surface area contributed by atoms with E-state index in [-0.39, 0.29) is 5.75 Å². The SMILES string of the molecule is Nc1cc2c(cc1O)Cc1ccccc1-2. The molecule has 0 aliphatic heterocycles. The molecule has 0 spiro atoms. The van der Waals surface area contributed by atoms with Crippen molar-refractivity contribution in [2.45, 2.75) is 6.42 Å².